The summed E-state index contributed by atoms with van der Waals surface area (Å²) in [6.07, 6.45) is 2.88. The lowest BCUT2D eigenvalue weighted by Gasteiger charge is -2.53. The number of hydrogen-bond acceptors (Lipinski definition) is 2. The fourth-order valence-corrected chi connectivity index (χ4v) is 3.26. The van der Waals surface area contributed by atoms with E-state index in [1.165, 1.54) is 0 Å². The highest BCUT2D eigenvalue weighted by Gasteiger charge is 2.59. The topological polar surface area (TPSA) is 41.1 Å². The molecule has 1 saturated heterocycles. The van der Waals surface area contributed by atoms with Gasteiger partial charge in [-0.3, -0.25) is 4.79 Å². The van der Waals surface area contributed by atoms with Crippen molar-refractivity contribution in [1.29, 1.82) is 0 Å². The van der Waals surface area contributed by atoms with Gasteiger partial charge in [0.15, 0.2) is 0 Å². The van der Waals surface area contributed by atoms with Gasteiger partial charge in [0.25, 0.3) is 5.92 Å². The molecular weight excluding hydrogens is 238 g/mol. The van der Waals surface area contributed by atoms with Crippen molar-refractivity contribution < 1.29 is 13.6 Å². The van der Waals surface area contributed by atoms with E-state index in [0.29, 0.717) is 18.3 Å². The number of halogens is 2. The quantitative estimate of drug-likeness (QED) is 0.803. The Labute approximate surface area is 106 Å². The number of carbonyl (C=O) groups excluding carboxylic acids is 1. The molecule has 3 rings (SSSR count). The predicted molar refractivity (Wildman–Crippen MR) is 63.3 cm³/mol. The maximum absolute atomic E-state index is 13.3. The second-order valence-electron chi connectivity index (χ2n) is 6.60. The maximum atomic E-state index is 13.3. The molecule has 0 atom stereocenters. The van der Waals surface area contributed by atoms with Gasteiger partial charge in [0.2, 0.25) is 5.91 Å². The first kappa shape index (κ1) is 12.3. The van der Waals surface area contributed by atoms with Crippen LogP contribution in [-0.4, -0.2) is 31.5 Å². The maximum Gasteiger partial charge on any atom is 0.252 e. The second-order valence-corrected chi connectivity index (χ2v) is 6.60. The Kier molecular flexibility index (Phi) is 2.50. The Morgan fingerprint density at radius 3 is 2.39 bits per heavy atom. The Bertz CT molecular complexity index is 362. The number of hydrogen-bond donors (Lipinski definition) is 2. The largest absolute Gasteiger partial charge is 0.355 e. The molecule has 3 aliphatic rings. The van der Waals surface area contributed by atoms with Gasteiger partial charge in [-0.15, -0.1) is 0 Å². The lowest BCUT2D eigenvalue weighted by molar-refractivity contribution is -0.136. The first-order chi connectivity index (χ1) is 8.36. The Morgan fingerprint density at radius 1 is 1.39 bits per heavy atom. The summed E-state index contributed by atoms with van der Waals surface area (Å²) in [6, 6.07) is 0. The zero-order chi connectivity index (χ0) is 13.0. The molecule has 0 unspecified atom stereocenters. The van der Waals surface area contributed by atoms with Crippen molar-refractivity contribution in [3.05, 3.63) is 0 Å². The molecule has 1 amide bonds. The summed E-state index contributed by atoms with van der Waals surface area (Å²) in [4.78, 5) is 11.9. The zero-order valence-electron chi connectivity index (χ0n) is 10.7. The number of alkyl halides is 2. The Morgan fingerprint density at radius 2 is 2.00 bits per heavy atom. The summed E-state index contributed by atoms with van der Waals surface area (Å²) in [5, 5.41) is 5.96. The van der Waals surface area contributed by atoms with Gasteiger partial charge in [-0.1, -0.05) is 0 Å². The average molecular weight is 258 g/mol. The average Bonchev–Trinajstić information content (AvgIpc) is 2.89. The monoisotopic (exact) mass is 258 g/mol. The molecule has 1 spiro atoms. The van der Waals surface area contributed by atoms with Crippen LogP contribution in [0.2, 0.25) is 0 Å². The van der Waals surface area contributed by atoms with E-state index < -0.39 is 11.3 Å². The van der Waals surface area contributed by atoms with Gasteiger partial charge in [-0.05, 0) is 38.0 Å². The molecule has 5 heteroatoms. The third kappa shape index (κ3) is 1.83. The van der Waals surface area contributed by atoms with Crippen LogP contribution in [0.15, 0.2) is 0 Å². The zero-order valence-corrected chi connectivity index (χ0v) is 10.7. The Balaban J connectivity index is 1.45. The molecular formula is C13H20F2N2O. The van der Waals surface area contributed by atoms with Gasteiger partial charge < -0.3 is 10.6 Å². The third-order valence-corrected chi connectivity index (χ3v) is 5.12. The van der Waals surface area contributed by atoms with Crippen molar-refractivity contribution in [2.24, 2.45) is 16.7 Å². The van der Waals surface area contributed by atoms with E-state index in [2.05, 4.69) is 10.6 Å². The molecule has 2 N–H and O–H groups in total. The van der Waals surface area contributed by atoms with Gasteiger partial charge in [-0.25, -0.2) is 8.78 Å². The number of rotatable bonds is 4. The van der Waals surface area contributed by atoms with E-state index in [9.17, 15) is 13.6 Å². The molecule has 1 aliphatic heterocycles. The van der Waals surface area contributed by atoms with E-state index >= 15 is 0 Å². The van der Waals surface area contributed by atoms with Crippen LogP contribution < -0.4 is 10.6 Å². The van der Waals surface area contributed by atoms with Crippen molar-refractivity contribution in [2.45, 2.75) is 38.5 Å². The van der Waals surface area contributed by atoms with Crippen LogP contribution >= 0.6 is 0 Å². The van der Waals surface area contributed by atoms with Crippen LogP contribution in [0.4, 0.5) is 8.78 Å². The van der Waals surface area contributed by atoms with Crippen LogP contribution in [0, 0.1) is 16.7 Å². The van der Waals surface area contributed by atoms with E-state index in [1.54, 1.807) is 0 Å². The molecule has 0 aromatic rings. The van der Waals surface area contributed by atoms with Crippen molar-refractivity contribution in [1.82, 2.24) is 10.6 Å². The standard InChI is InChI=1S/C13H20F2N2O/c1-11(14,15)13(2-3-13)8-17-10(18)9-4-12(5-9)6-16-7-12/h9,16H,2-8H2,1H3,(H,17,18). The fourth-order valence-electron chi connectivity index (χ4n) is 3.26. The minimum atomic E-state index is -2.68. The molecule has 102 valence electrons. The van der Waals surface area contributed by atoms with E-state index in [-0.39, 0.29) is 18.4 Å². The van der Waals surface area contributed by atoms with Gasteiger partial charge >= 0.3 is 0 Å². The van der Waals surface area contributed by atoms with Gasteiger partial charge in [-0.2, -0.15) is 0 Å². The van der Waals surface area contributed by atoms with Crippen LogP contribution in [0.1, 0.15) is 32.6 Å². The highest BCUT2D eigenvalue weighted by Crippen LogP contribution is 2.56. The van der Waals surface area contributed by atoms with E-state index in [1.807, 2.05) is 0 Å². The van der Waals surface area contributed by atoms with Crippen molar-refractivity contribution in [2.75, 3.05) is 19.6 Å². The minimum Gasteiger partial charge on any atom is -0.355 e. The molecule has 2 saturated carbocycles. The summed E-state index contributed by atoms with van der Waals surface area (Å²) in [5.41, 5.74) is -0.601. The number of carbonyl (C=O) groups is 1. The summed E-state index contributed by atoms with van der Waals surface area (Å²) in [6.45, 7) is 3.11. The Hall–Kier alpha value is -0.710. The van der Waals surface area contributed by atoms with Crippen molar-refractivity contribution in [3.8, 4) is 0 Å². The smallest absolute Gasteiger partial charge is 0.252 e. The lowest BCUT2D eigenvalue weighted by Crippen LogP contribution is -2.62. The highest BCUT2D eigenvalue weighted by atomic mass is 19.3. The molecule has 0 radical (unpaired) electrons. The molecule has 0 aromatic carbocycles. The van der Waals surface area contributed by atoms with Crippen LogP contribution in [-0.2, 0) is 4.79 Å². The van der Waals surface area contributed by atoms with Gasteiger partial charge in [0.1, 0.15) is 0 Å². The predicted octanol–water partition coefficient (Wildman–Crippen LogP) is 1.54. The molecule has 0 aromatic heterocycles. The summed E-state index contributed by atoms with van der Waals surface area (Å²) in [7, 11) is 0. The summed E-state index contributed by atoms with van der Waals surface area (Å²) >= 11 is 0. The first-order valence-electron chi connectivity index (χ1n) is 6.72. The van der Waals surface area contributed by atoms with Crippen LogP contribution in [0.5, 0.6) is 0 Å². The molecule has 1 heterocycles. The number of nitrogens with one attached hydrogen (secondary N) is 2. The van der Waals surface area contributed by atoms with Crippen molar-refractivity contribution >= 4 is 5.91 Å². The van der Waals surface area contributed by atoms with E-state index in [4.69, 9.17) is 0 Å². The lowest BCUT2D eigenvalue weighted by atomic mass is 9.58. The third-order valence-electron chi connectivity index (χ3n) is 5.12. The molecule has 18 heavy (non-hydrogen) atoms. The molecule has 3 nitrogen and oxygen atoms in total. The summed E-state index contributed by atoms with van der Waals surface area (Å²) in [5.74, 6) is -2.66. The normalized spacial score (nSPS) is 28.4. The van der Waals surface area contributed by atoms with Crippen LogP contribution in [0.3, 0.4) is 0 Å². The molecule has 2 aliphatic carbocycles. The SMILES string of the molecule is CC(F)(F)C1(CNC(=O)C2CC3(CNC3)C2)CC1. The molecule has 0 bridgehead atoms. The first-order valence-corrected chi connectivity index (χ1v) is 6.72. The second kappa shape index (κ2) is 3.65. The fraction of sp³-hybridized carbons (Fsp3) is 0.923. The van der Waals surface area contributed by atoms with Gasteiger partial charge in [0.05, 0.1) is 5.41 Å². The van der Waals surface area contributed by atoms with Crippen molar-refractivity contribution in [3.63, 3.8) is 0 Å². The van der Waals surface area contributed by atoms with Gasteiger partial charge in [0, 0.05) is 25.6 Å². The minimum absolute atomic E-state index is 0.0250. The highest BCUT2D eigenvalue weighted by molar-refractivity contribution is 5.80. The number of amides is 1. The van der Waals surface area contributed by atoms with E-state index in [0.717, 1.165) is 32.9 Å². The summed E-state index contributed by atoms with van der Waals surface area (Å²) < 4.78 is 26.7. The van der Waals surface area contributed by atoms with Crippen LogP contribution in [0.25, 0.3) is 0 Å². The molecule has 3 fully saturated rings.